The smallest absolute Gasteiger partial charge is 0.332 e. The highest BCUT2D eigenvalue weighted by atomic mass is 16.5. The maximum Gasteiger partial charge on any atom is 0.332 e. The van der Waals surface area contributed by atoms with Gasteiger partial charge in [0.15, 0.2) is 0 Å². The molecular formula is C28H26N6O6. The lowest BCUT2D eigenvalue weighted by molar-refractivity contribution is -0.133. The molecule has 12 heteroatoms. The first-order valence-electron chi connectivity index (χ1n) is 12.3. The third kappa shape index (κ3) is 5.56. The second kappa shape index (κ2) is 12.0. The number of hydrogen-bond donors (Lipinski definition) is 0. The van der Waals surface area contributed by atoms with Gasteiger partial charge in [-0.05, 0) is 35.4 Å². The number of nitriles is 2. The van der Waals surface area contributed by atoms with E-state index in [0.717, 1.165) is 25.0 Å². The van der Waals surface area contributed by atoms with Gasteiger partial charge in [-0.25, -0.2) is 9.59 Å². The standard InChI is InChI=1S/C28H26N6O6/c1-39-21-7-3-19(4-8-21)17-33-25(35)11-13-31(27(33)37)24(16-30)23-15-26(36)34(28(38)32(23)14-12-29)18-20-5-9-22(40-2)10-6-20/h3-11,13,23-24H,14-15,17-18H2,1-2H3. The lowest BCUT2D eigenvalue weighted by Gasteiger charge is -2.41. The molecule has 1 aliphatic rings. The fourth-order valence-electron chi connectivity index (χ4n) is 4.55. The maximum absolute atomic E-state index is 13.4. The Bertz CT molecular complexity index is 1600. The summed E-state index contributed by atoms with van der Waals surface area (Å²) in [5.74, 6) is 0.665. The van der Waals surface area contributed by atoms with E-state index in [9.17, 15) is 29.7 Å². The lowest BCUT2D eigenvalue weighted by atomic mass is 10.00. The van der Waals surface area contributed by atoms with Crippen LogP contribution in [0.4, 0.5) is 4.79 Å². The number of urea groups is 1. The molecule has 1 fully saturated rings. The summed E-state index contributed by atoms with van der Waals surface area (Å²) in [5, 5.41) is 19.6. The van der Waals surface area contributed by atoms with E-state index in [-0.39, 0.29) is 19.5 Å². The molecule has 204 valence electrons. The van der Waals surface area contributed by atoms with E-state index in [1.807, 2.05) is 12.1 Å². The number of rotatable bonds is 9. The molecule has 0 radical (unpaired) electrons. The number of ether oxygens (including phenoxy) is 2. The first kappa shape index (κ1) is 27.7. The minimum Gasteiger partial charge on any atom is -0.497 e. The predicted octanol–water partition coefficient (Wildman–Crippen LogP) is 1.89. The highest BCUT2D eigenvalue weighted by molar-refractivity contribution is 5.97. The highest BCUT2D eigenvalue weighted by Gasteiger charge is 2.43. The van der Waals surface area contributed by atoms with Gasteiger partial charge in [-0.1, -0.05) is 24.3 Å². The SMILES string of the molecule is COc1ccc(CN2C(=O)CC(C(C#N)n3ccc(=O)n(Cc4ccc(OC)cc4)c3=O)N(CC#N)C2=O)cc1. The normalized spacial score (nSPS) is 15.8. The van der Waals surface area contributed by atoms with Gasteiger partial charge in [0.2, 0.25) is 5.91 Å². The van der Waals surface area contributed by atoms with Crippen LogP contribution in [0.5, 0.6) is 11.5 Å². The van der Waals surface area contributed by atoms with Gasteiger partial charge in [0, 0.05) is 12.3 Å². The summed E-state index contributed by atoms with van der Waals surface area (Å²) >= 11 is 0. The zero-order valence-corrected chi connectivity index (χ0v) is 21.9. The van der Waals surface area contributed by atoms with Crippen LogP contribution in [0, 0.1) is 22.7 Å². The molecule has 3 amide bonds. The molecule has 1 saturated heterocycles. The number of carbonyl (C=O) groups excluding carboxylic acids is 2. The zero-order valence-electron chi connectivity index (χ0n) is 21.9. The molecule has 4 rings (SSSR count). The number of nitrogens with zero attached hydrogens (tertiary/aromatic N) is 6. The van der Waals surface area contributed by atoms with Crippen molar-refractivity contribution in [3.8, 4) is 23.6 Å². The molecule has 2 aromatic carbocycles. The first-order valence-corrected chi connectivity index (χ1v) is 12.3. The largest absolute Gasteiger partial charge is 0.497 e. The van der Waals surface area contributed by atoms with E-state index < -0.39 is 41.8 Å². The number of hydrogen-bond acceptors (Lipinski definition) is 8. The second-order valence-corrected chi connectivity index (χ2v) is 9.02. The molecular weight excluding hydrogens is 516 g/mol. The zero-order chi connectivity index (χ0) is 28.8. The minimum absolute atomic E-state index is 0.0415. The molecule has 0 aliphatic carbocycles. The van der Waals surface area contributed by atoms with Gasteiger partial charge >= 0.3 is 11.7 Å². The molecule has 40 heavy (non-hydrogen) atoms. The van der Waals surface area contributed by atoms with Crippen LogP contribution in [0.3, 0.4) is 0 Å². The first-order chi connectivity index (χ1) is 19.3. The third-order valence-electron chi connectivity index (χ3n) is 6.69. The van der Waals surface area contributed by atoms with Crippen molar-refractivity contribution in [1.29, 1.82) is 10.5 Å². The number of benzene rings is 2. The Morgan fingerprint density at radius 1 is 0.875 bits per heavy atom. The molecule has 0 bridgehead atoms. The predicted molar refractivity (Wildman–Crippen MR) is 141 cm³/mol. The maximum atomic E-state index is 13.4. The number of imide groups is 1. The van der Waals surface area contributed by atoms with E-state index >= 15 is 0 Å². The van der Waals surface area contributed by atoms with Crippen molar-refractivity contribution in [1.82, 2.24) is 18.9 Å². The molecule has 2 heterocycles. The van der Waals surface area contributed by atoms with Crippen molar-refractivity contribution in [2.24, 2.45) is 0 Å². The van der Waals surface area contributed by atoms with Gasteiger partial charge in [-0.15, -0.1) is 0 Å². The average molecular weight is 543 g/mol. The Kier molecular flexibility index (Phi) is 8.30. The van der Waals surface area contributed by atoms with Crippen molar-refractivity contribution >= 4 is 11.9 Å². The summed E-state index contributed by atoms with van der Waals surface area (Å²) in [5.41, 5.74) is -0.0532. The van der Waals surface area contributed by atoms with Crippen LogP contribution in [-0.4, -0.2) is 57.7 Å². The van der Waals surface area contributed by atoms with Crippen molar-refractivity contribution in [3.05, 3.63) is 92.8 Å². The Hall–Kier alpha value is -5.36. The van der Waals surface area contributed by atoms with Crippen LogP contribution in [0.15, 0.2) is 70.4 Å². The average Bonchev–Trinajstić information content (AvgIpc) is 2.97. The number of carbonyl (C=O) groups is 2. The number of amides is 3. The van der Waals surface area contributed by atoms with E-state index in [4.69, 9.17) is 9.47 Å². The second-order valence-electron chi connectivity index (χ2n) is 9.02. The summed E-state index contributed by atoms with van der Waals surface area (Å²) in [4.78, 5) is 54.7. The molecule has 2 unspecified atom stereocenters. The summed E-state index contributed by atoms with van der Waals surface area (Å²) in [6.07, 6.45) is 0.873. The fourth-order valence-corrected chi connectivity index (χ4v) is 4.55. The molecule has 3 aromatic rings. The van der Waals surface area contributed by atoms with Gasteiger partial charge in [-0.2, -0.15) is 10.5 Å². The molecule has 1 aliphatic heterocycles. The van der Waals surface area contributed by atoms with Gasteiger partial charge in [0.25, 0.3) is 5.56 Å². The van der Waals surface area contributed by atoms with Crippen molar-refractivity contribution < 1.29 is 19.1 Å². The van der Waals surface area contributed by atoms with E-state index in [0.29, 0.717) is 22.6 Å². The number of aromatic nitrogens is 2. The van der Waals surface area contributed by atoms with Crippen molar-refractivity contribution in [2.75, 3.05) is 20.8 Å². The Labute approximate surface area is 229 Å². The molecule has 0 spiro atoms. The van der Waals surface area contributed by atoms with Gasteiger partial charge in [-0.3, -0.25) is 23.6 Å². The molecule has 1 aromatic heterocycles. The van der Waals surface area contributed by atoms with Crippen LogP contribution in [0.1, 0.15) is 23.6 Å². The van der Waals surface area contributed by atoms with Gasteiger partial charge < -0.3 is 14.4 Å². The van der Waals surface area contributed by atoms with Crippen LogP contribution in [0.2, 0.25) is 0 Å². The van der Waals surface area contributed by atoms with Crippen molar-refractivity contribution in [2.45, 2.75) is 31.6 Å². The summed E-state index contributed by atoms with van der Waals surface area (Å²) in [6.45, 7) is -0.519. The van der Waals surface area contributed by atoms with Crippen LogP contribution < -0.4 is 20.7 Å². The lowest BCUT2D eigenvalue weighted by Crippen LogP contribution is -2.59. The van der Waals surface area contributed by atoms with Crippen molar-refractivity contribution in [3.63, 3.8) is 0 Å². The Morgan fingerprint density at radius 3 is 1.98 bits per heavy atom. The van der Waals surface area contributed by atoms with Crippen LogP contribution in [0.25, 0.3) is 0 Å². The molecule has 12 nitrogen and oxygen atoms in total. The van der Waals surface area contributed by atoms with E-state index in [2.05, 4.69) is 0 Å². The summed E-state index contributed by atoms with van der Waals surface area (Å²) < 4.78 is 12.3. The fraction of sp³-hybridized carbons (Fsp3) is 0.286. The molecule has 0 N–H and O–H groups in total. The third-order valence-corrected chi connectivity index (χ3v) is 6.69. The van der Waals surface area contributed by atoms with E-state index in [1.54, 1.807) is 48.5 Å². The topological polar surface area (TPSA) is 151 Å². The van der Waals surface area contributed by atoms with Crippen LogP contribution >= 0.6 is 0 Å². The monoisotopic (exact) mass is 542 g/mol. The summed E-state index contributed by atoms with van der Waals surface area (Å²) in [7, 11) is 3.04. The molecule has 2 atom stereocenters. The Morgan fingerprint density at radius 2 is 1.45 bits per heavy atom. The minimum atomic E-state index is -1.33. The Balaban J connectivity index is 1.64. The quantitative estimate of drug-likeness (QED) is 0.372. The highest BCUT2D eigenvalue weighted by Crippen LogP contribution is 2.27. The van der Waals surface area contributed by atoms with Crippen LogP contribution in [-0.2, 0) is 17.9 Å². The van der Waals surface area contributed by atoms with E-state index in [1.165, 1.54) is 20.4 Å². The van der Waals surface area contributed by atoms with Gasteiger partial charge in [0.1, 0.15) is 24.1 Å². The van der Waals surface area contributed by atoms with Gasteiger partial charge in [0.05, 0.1) is 51.9 Å². The number of methoxy groups -OCH3 is 2. The molecule has 0 saturated carbocycles. The summed E-state index contributed by atoms with van der Waals surface area (Å²) in [6, 6.07) is 15.5.